The van der Waals surface area contributed by atoms with Gasteiger partial charge in [-0.15, -0.1) is 0 Å². The minimum Gasteiger partial charge on any atom is -0.480 e. The highest BCUT2D eigenvalue weighted by Crippen LogP contribution is 2.29. The van der Waals surface area contributed by atoms with Crippen LogP contribution in [0.5, 0.6) is 0 Å². The number of carboxylic acid groups (broad SMARTS) is 1. The van der Waals surface area contributed by atoms with Crippen LogP contribution in [0.2, 0.25) is 0 Å². The van der Waals surface area contributed by atoms with Crippen molar-refractivity contribution in [2.45, 2.75) is 31.7 Å². The lowest BCUT2D eigenvalue weighted by Gasteiger charge is -2.31. The van der Waals surface area contributed by atoms with Gasteiger partial charge in [-0.3, -0.25) is 9.59 Å². The second-order valence-corrected chi connectivity index (χ2v) is 5.81. The van der Waals surface area contributed by atoms with Crippen LogP contribution in [-0.2, 0) is 20.8 Å². The standard InChI is InChI=1S/C16H19FN2O4/c1-16(15(22)23)6-3-7-19(16)14(21)10-18-13(20)9-11-4-2-5-12(17)8-11/h2,4-5,8H,3,6-7,9-10H2,1H3,(H,18,20)(H,22,23). The van der Waals surface area contributed by atoms with Crippen molar-refractivity contribution < 1.29 is 23.9 Å². The molecule has 1 fully saturated rings. The van der Waals surface area contributed by atoms with Crippen LogP contribution < -0.4 is 5.32 Å². The molecule has 0 spiro atoms. The van der Waals surface area contributed by atoms with Crippen LogP contribution in [0.4, 0.5) is 4.39 Å². The van der Waals surface area contributed by atoms with Gasteiger partial charge >= 0.3 is 5.97 Å². The van der Waals surface area contributed by atoms with Gasteiger partial charge in [-0.05, 0) is 37.5 Å². The van der Waals surface area contributed by atoms with Gasteiger partial charge in [-0.25, -0.2) is 9.18 Å². The number of amides is 2. The Balaban J connectivity index is 1.89. The second kappa shape index (κ2) is 6.76. The molecule has 0 radical (unpaired) electrons. The minimum atomic E-state index is -1.22. The number of nitrogens with one attached hydrogen (secondary N) is 1. The second-order valence-electron chi connectivity index (χ2n) is 5.81. The summed E-state index contributed by atoms with van der Waals surface area (Å²) in [6.07, 6.45) is 0.971. The molecule has 6 nitrogen and oxygen atoms in total. The fraction of sp³-hybridized carbons (Fsp3) is 0.438. The van der Waals surface area contributed by atoms with Crippen LogP contribution in [0.15, 0.2) is 24.3 Å². The third-order valence-electron chi connectivity index (χ3n) is 4.09. The highest BCUT2D eigenvalue weighted by atomic mass is 19.1. The van der Waals surface area contributed by atoms with Gasteiger partial charge in [-0.2, -0.15) is 0 Å². The zero-order valence-electron chi connectivity index (χ0n) is 12.8. The third kappa shape index (κ3) is 3.85. The molecule has 0 saturated carbocycles. The van der Waals surface area contributed by atoms with E-state index in [1.807, 2.05) is 0 Å². The molecule has 23 heavy (non-hydrogen) atoms. The maximum Gasteiger partial charge on any atom is 0.329 e. The molecule has 0 bridgehead atoms. The fourth-order valence-electron chi connectivity index (χ4n) is 2.75. The number of nitrogens with zero attached hydrogens (tertiary/aromatic N) is 1. The van der Waals surface area contributed by atoms with Crippen molar-refractivity contribution in [3.8, 4) is 0 Å². The number of carbonyl (C=O) groups excluding carboxylic acids is 2. The fourth-order valence-corrected chi connectivity index (χ4v) is 2.75. The Morgan fingerprint density at radius 2 is 2.13 bits per heavy atom. The first kappa shape index (κ1) is 16.9. The number of aliphatic carboxylic acids is 1. The first-order valence-corrected chi connectivity index (χ1v) is 7.38. The molecule has 1 aliphatic heterocycles. The molecule has 0 aromatic heterocycles. The Morgan fingerprint density at radius 3 is 2.78 bits per heavy atom. The molecule has 1 aromatic carbocycles. The molecule has 2 N–H and O–H groups in total. The summed E-state index contributed by atoms with van der Waals surface area (Å²) in [5.74, 6) is -2.32. The van der Waals surface area contributed by atoms with E-state index in [0.29, 0.717) is 24.9 Å². The van der Waals surface area contributed by atoms with Gasteiger partial charge in [0.25, 0.3) is 0 Å². The normalized spacial score (nSPS) is 20.3. The monoisotopic (exact) mass is 322 g/mol. The van der Waals surface area contributed by atoms with E-state index in [1.54, 1.807) is 6.07 Å². The molecule has 2 rings (SSSR count). The van der Waals surface area contributed by atoms with Gasteiger partial charge in [0.05, 0.1) is 13.0 Å². The van der Waals surface area contributed by atoms with Crippen LogP contribution in [0.25, 0.3) is 0 Å². The van der Waals surface area contributed by atoms with E-state index in [1.165, 1.54) is 30.0 Å². The molecular formula is C16H19FN2O4. The van der Waals surface area contributed by atoms with Crippen molar-refractivity contribution in [3.63, 3.8) is 0 Å². The van der Waals surface area contributed by atoms with Crippen molar-refractivity contribution in [3.05, 3.63) is 35.6 Å². The van der Waals surface area contributed by atoms with Crippen LogP contribution in [-0.4, -0.2) is 46.4 Å². The Hall–Kier alpha value is -2.44. The summed E-state index contributed by atoms with van der Waals surface area (Å²) in [7, 11) is 0. The van der Waals surface area contributed by atoms with Gasteiger partial charge < -0.3 is 15.3 Å². The largest absolute Gasteiger partial charge is 0.480 e. The zero-order valence-corrected chi connectivity index (χ0v) is 12.8. The van der Waals surface area contributed by atoms with Crippen LogP contribution in [0.1, 0.15) is 25.3 Å². The average molecular weight is 322 g/mol. The summed E-state index contributed by atoms with van der Waals surface area (Å²) in [5.41, 5.74) is -0.712. The summed E-state index contributed by atoms with van der Waals surface area (Å²) in [5, 5.41) is 11.7. The molecule has 2 amide bonds. The zero-order chi connectivity index (χ0) is 17.0. The lowest BCUT2D eigenvalue weighted by molar-refractivity contribution is -0.155. The summed E-state index contributed by atoms with van der Waals surface area (Å²) >= 11 is 0. The summed E-state index contributed by atoms with van der Waals surface area (Å²) in [6, 6.07) is 5.66. The third-order valence-corrected chi connectivity index (χ3v) is 4.09. The van der Waals surface area contributed by atoms with E-state index >= 15 is 0 Å². The predicted octanol–water partition coefficient (Wildman–Crippen LogP) is 0.950. The first-order chi connectivity index (χ1) is 10.8. The number of rotatable bonds is 5. The van der Waals surface area contributed by atoms with Gasteiger partial charge in [0.1, 0.15) is 11.4 Å². The number of hydrogen-bond donors (Lipinski definition) is 2. The van der Waals surface area contributed by atoms with E-state index in [-0.39, 0.29) is 13.0 Å². The molecule has 7 heteroatoms. The quantitative estimate of drug-likeness (QED) is 0.845. The molecular weight excluding hydrogens is 303 g/mol. The minimum absolute atomic E-state index is 0.0404. The van der Waals surface area contributed by atoms with Crippen molar-refractivity contribution >= 4 is 17.8 Å². The smallest absolute Gasteiger partial charge is 0.329 e. The lowest BCUT2D eigenvalue weighted by atomic mass is 9.99. The summed E-state index contributed by atoms with van der Waals surface area (Å²) < 4.78 is 13.0. The van der Waals surface area contributed by atoms with Crippen LogP contribution in [0, 0.1) is 5.82 Å². The van der Waals surface area contributed by atoms with Gasteiger partial charge in [0, 0.05) is 6.54 Å². The van der Waals surface area contributed by atoms with Gasteiger partial charge in [0.2, 0.25) is 11.8 Å². The SMILES string of the molecule is CC1(C(=O)O)CCCN1C(=O)CNC(=O)Cc1cccc(F)c1. The van der Waals surface area contributed by atoms with Crippen LogP contribution >= 0.6 is 0 Å². The number of likely N-dealkylation sites (tertiary alicyclic amines) is 1. The highest BCUT2D eigenvalue weighted by Gasteiger charge is 2.45. The van der Waals surface area contributed by atoms with Crippen molar-refractivity contribution in [2.24, 2.45) is 0 Å². The summed E-state index contributed by atoms with van der Waals surface area (Å²) in [4.78, 5) is 36.6. The Bertz CT molecular complexity index is 634. The number of carboxylic acids is 1. The number of carbonyl (C=O) groups is 3. The highest BCUT2D eigenvalue weighted by molar-refractivity contribution is 5.90. The van der Waals surface area contributed by atoms with E-state index in [0.717, 1.165) is 0 Å². The van der Waals surface area contributed by atoms with E-state index < -0.39 is 29.1 Å². The van der Waals surface area contributed by atoms with Gasteiger partial charge in [0.15, 0.2) is 0 Å². The first-order valence-electron chi connectivity index (χ1n) is 7.38. The number of halogens is 1. The van der Waals surface area contributed by atoms with Crippen molar-refractivity contribution in [2.75, 3.05) is 13.1 Å². The number of hydrogen-bond acceptors (Lipinski definition) is 3. The summed E-state index contributed by atoms with van der Waals surface area (Å²) in [6.45, 7) is 1.60. The van der Waals surface area contributed by atoms with Gasteiger partial charge in [-0.1, -0.05) is 12.1 Å². The molecule has 1 unspecified atom stereocenters. The molecule has 1 atom stereocenters. The van der Waals surface area contributed by atoms with Crippen molar-refractivity contribution in [1.29, 1.82) is 0 Å². The molecule has 1 heterocycles. The molecule has 1 aliphatic rings. The maximum absolute atomic E-state index is 13.0. The Kier molecular flexibility index (Phi) is 4.98. The average Bonchev–Trinajstić information content (AvgIpc) is 2.88. The molecule has 124 valence electrons. The van der Waals surface area contributed by atoms with E-state index in [4.69, 9.17) is 0 Å². The predicted molar refractivity (Wildman–Crippen MR) is 80.1 cm³/mol. The molecule has 0 aliphatic carbocycles. The number of benzene rings is 1. The molecule has 1 saturated heterocycles. The van der Waals surface area contributed by atoms with E-state index in [2.05, 4.69) is 5.32 Å². The lowest BCUT2D eigenvalue weighted by Crippen LogP contribution is -2.53. The Labute approximate surface area is 133 Å². The topological polar surface area (TPSA) is 86.7 Å². The van der Waals surface area contributed by atoms with Crippen molar-refractivity contribution in [1.82, 2.24) is 10.2 Å². The molecule has 1 aromatic rings. The maximum atomic E-state index is 13.0. The van der Waals surface area contributed by atoms with Crippen LogP contribution in [0.3, 0.4) is 0 Å². The Morgan fingerprint density at radius 1 is 1.39 bits per heavy atom. The van der Waals surface area contributed by atoms with E-state index in [9.17, 15) is 23.9 Å².